The molecule has 2 rings (SSSR count). The molecule has 18 heavy (non-hydrogen) atoms. The third kappa shape index (κ3) is 2.50. The molecule has 1 aliphatic rings. The number of oxime groups is 1. The number of benzene rings is 1. The van der Waals surface area contributed by atoms with E-state index in [0.717, 1.165) is 31.2 Å². The lowest BCUT2D eigenvalue weighted by atomic mass is 9.81. The molecule has 1 saturated carbocycles. The van der Waals surface area contributed by atoms with Crippen molar-refractivity contribution in [3.63, 3.8) is 0 Å². The first-order chi connectivity index (χ1) is 8.74. The van der Waals surface area contributed by atoms with Gasteiger partial charge in [0.25, 0.3) is 5.69 Å². The van der Waals surface area contributed by atoms with Gasteiger partial charge in [-0.1, -0.05) is 36.6 Å². The van der Waals surface area contributed by atoms with Crippen molar-refractivity contribution in [2.24, 2.45) is 5.16 Å². The topological polar surface area (TPSA) is 75.7 Å². The van der Waals surface area contributed by atoms with Crippen LogP contribution in [0.1, 0.15) is 49.1 Å². The van der Waals surface area contributed by atoms with Crippen molar-refractivity contribution in [1.82, 2.24) is 0 Å². The Morgan fingerprint density at radius 3 is 2.67 bits per heavy atom. The van der Waals surface area contributed by atoms with Crippen molar-refractivity contribution in [3.8, 4) is 0 Å². The van der Waals surface area contributed by atoms with Crippen molar-refractivity contribution in [3.05, 3.63) is 39.4 Å². The monoisotopic (exact) mass is 248 g/mol. The lowest BCUT2D eigenvalue weighted by Gasteiger charge is -2.23. The average Bonchev–Trinajstić information content (AvgIpc) is 2.40. The summed E-state index contributed by atoms with van der Waals surface area (Å²) in [7, 11) is 0. The second kappa shape index (κ2) is 5.62. The number of rotatable bonds is 3. The first kappa shape index (κ1) is 12.5. The maximum Gasteiger partial charge on any atom is 0.273 e. The minimum absolute atomic E-state index is 0.138. The van der Waals surface area contributed by atoms with E-state index in [4.69, 9.17) is 5.21 Å². The van der Waals surface area contributed by atoms with E-state index in [9.17, 15) is 10.1 Å². The largest absolute Gasteiger partial charge is 0.411 e. The quantitative estimate of drug-likeness (QED) is 0.385. The highest BCUT2D eigenvalue weighted by molar-refractivity contribution is 5.83. The standard InChI is InChI=1S/C13H16N2O3/c16-14-9-11-7-4-8-12(15(17)18)13(11)10-5-2-1-3-6-10/h4,7-10,16H,1-3,5-6H2/b14-9-. The third-order valence-corrected chi connectivity index (χ3v) is 3.52. The van der Waals surface area contributed by atoms with Gasteiger partial charge in [-0.25, -0.2) is 0 Å². The van der Waals surface area contributed by atoms with Crippen LogP contribution < -0.4 is 0 Å². The Kier molecular flexibility index (Phi) is 3.92. The van der Waals surface area contributed by atoms with Crippen LogP contribution in [0.25, 0.3) is 0 Å². The second-order valence-electron chi connectivity index (χ2n) is 4.62. The fourth-order valence-corrected chi connectivity index (χ4v) is 2.74. The van der Waals surface area contributed by atoms with Gasteiger partial charge in [-0.2, -0.15) is 0 Å². The Morgan fingerprint density at radius 1 is 1.33 bits per heavy atom. The second-order valence-corrected chi connectivity index (χ2v) is 4.62. The predicted octanol–water partition coefficient (Wildman–Crippen LogP) is 3.45. The van der Waals surface area contributed by atoms with E-state index in [0.29, 0.717) is 5.56 Å². The van der Waals surface area contributed by atoms with Gasteiger partial charge >= 0.3 is 0 Å². The van der Waals surface area contributed by atoms with Gasteiger partial charge in [-0.3, -0.25) is 10.1 Å². The summed E-state index contributed by atoms with van der Waals surface area (Å²) in [5, 5.41) is 22.8. The van der Waals surface area contributed by atoms with Gasteiger partial charge in [0.15, 0.2) is 0 Å². The van der Waals surface area contributed by atoms with E-state index in [1.165, 1.54) is 18.7 Å². The molecule has 0 bridgehead atoms. The van der Waals surface area contributed by atoms with Crippen LogP contribution in [0.15, 0.2) is 23.4 Å². The molecular weight excluding hydrogens is 232 g/mol. The lowest BCUT2D eigenvalue weighted by Crippen LogP contribution is -2.10. The van der Waals surface area contributed by atoms with Crippen molar-refractivity contribution < 1.29 is 10.1 Å². The summed E-state index contributed by atoms with van der Waals surface area (Å²) in [4.78, 5) is 10.8. The van der Waals surface area contributed by atoms with Gasteiger partial charge in [0.05, 0.1) is 11.1 Å². The summed E-state index contributed by atoms with van der Waals surface area (Å²) < 4.78 is 0. The van der Waals surface area contributed by atoms with Gasteiger partial charge in [0.2, 0.25) is 0 Å². The molecule has 1 fully saturated rings. The van der Waals surface area contributed by atoms with Crippen LogP contribution in [-0.2, 0) is 0 Å². The Balaban J connectivity index is 2.48. The molecule has 0 heterocycles. The van der Waals surface area contributed by atoms with E-state index >= 15 is 0 Å². The molecule has 0 unspecified atom stereocenters. The van der Waals surface area contributed by atoms with Crippen LogP contribution in [0.3, 0.4) is 0 Å². The normalized spacial score (nSPS) is 17.1. The van der Waals surface area contributed by atoms with Crippen molar-refractivity contribution >= 4 is 11.9 Å². The third-order valence-electron chi connectivity index (χ3n) is 3.52. The van der Waals surface area contributed by atoms with Crippen LogP contribution >= 0.6 is 0 Å². The molecule has 1 aromatic rings. The van der Waals surface area contributed by atoms with E-state index in [1.54, 1.807) is 12.1 Å². The first-order valence-corrected chi connectivity index (χ1v) is 6.18. The molecule has 0 radical (unpaired) electrons. The molecule has 1 N–H and O–H groups in total. The molecule has 0 aromatic heterocycles. The highest BCUT2D eigenvalue weighted by Crippen LogP contribution is 2.38. The maximum absolute atomic E-state index is 11.1. The maximum atomic E-state index is 11.1. The van der Waals surface area contributed by atoms with Gasteiger partial charge < -0.3 is 5.21 Å². The number of nitrogens with zero attached hydrogens (tertiary/aromatic N) is 2. The van der Waals surface area contributed by atoms with Crippen LogP contribution in [0.5, 0.6) is 0 Å². The Hall–Kier alpha value is -1.91. The van der Waals surface area contributed by atoms with Crippen LogP contribution in [0.2, 0.25) is 0 Å². The van der Waals surface area contributed by atoms with Crippen LogP contribution in [0, 0.1) is 10.1 Å². The number of hydrogen-bond donors (Lipinski definition) is 1. The average molecular weight is 248 g/mol. The summed E-state index contributed by atoms with van der Waals surface area (Å²) in [5.41, 5.74) is 1.51. The lowest BCUT2D eigenvalue weighted by molar-refractivity contribution is -0.385. The summed E-state index contributed by atoms with van der Waals surface area (Å²) in [6.45, 7) is 0. The number of nitro groups is 1. The molecular formula is C13H16N2O3. The molecule has 0 amide bonds. The highest BCUT2D eigenvalue weighted by atomic mass is 16.6. The molecule has 1 aromatic carbocycles. The highest BCUT2D eigenvalue weighted by Gasteiger charge is 2.26. The molecule has 1 aliphatic carbocycles. The summed E-state index contributed by atoms with van der Waals surface area (Å²) in [6, 6.07) is 4.91. The number of hydrogen-bond acceptors (Lipinski definition) is 4. The molecule has 0 atom stereocenters. The molecule has 96 valence electrons. The zero-order chi connectivity index (χ0) is 13.0. The SMILES string of the molecule is O=[N+]([O-])c1cccc(/C=N\O)c1C1CCCCC1. The zero-order valence-corrected chi connectivity index (χ0v) is 10.1. The Bertz CT molecular complexity index is 465. The summed E-state index contributed by atoms with van der Waals surface area (Å²) in [6.07, 6.45) is 6.63. The van der Waals surface area contributed by atoms with E-state index in [1.807, 2.05) is 0 Å². The van der Waals surface area contributed by atoms with Crippen molar-refractivity contribution in [2.45, 2.75) is 38.0 Å². The van der Waals surface area contributed by atoms with Crippen LogP contribution in [-0.4, -0.2) is 16.3 Å². The van der Waals surface area contributed by atoms with E-state index < -0.39 is 0 Å². The smallest absolute Gasteiger partial charge is 0.273 e. The van der Waals surface area contributed by atoms with Gasteiger partial charge in [-0.05, 0) is 18.8 Å². The summed E-state index contributed by atoms with van der Waals surface area (Å²) in [5.74, 6) is 0.202. The summed E-state index contributed by atoms with van der Waals surface area (Å²) >= 11 is 0. The molecule has 5 nitrogen and oxygen atoms in total. The molecule has 0 saturated heterocycles. The predicted molar refractivity (Wildman–Crippen MR) is 68.3 cm³/mol. The first-order valence-electron chi connectivity index (χ1n) is 6.18. The minimum atomic E-state index is -0.349. The fraction of sp³-hybridized carbons (Fsp3) is 0.462. The van der Waals surface area contributed by atoms with Gasteiger partial charge in [0, 0.05) is 17.2 Å². The Morgan fingerprint density at radius 2 is 2.06 bits per heavy atom. The molecule has 5 heteroatoms. The zero-order valence-electron chi connectivity index (χ0n) is 10.1. The van der Waals surface area contributed by atoms with Crippen LogP contribution in [0.4, 0.5) is 5.69 Å². The van der Waals surface area contributed by atoms with E-state index in [2.05, 4.69) is 5.16 Å². The molecule has 0 aliphatic heterocycles. The van der Waals surface area contributed by atoms with Crippen molar-refractivity contribution in [1.29, 1.82) is 0 Å². The molecule has 0 spiro atoms. The number of nitro benzene ring substituents is 1. The van der Waals surface area contributed by atoms with Crippen molar-refractivity contribution in [2.75, 3.05) is 0 Å². The van der Waals surface area contributed by atoms with E-state index in [-0.39, 0.29) is 16.5 Å². The minimum Gasteiger partial charge on any atom is -0.411 e. The fourth-order valence-electron chi connectivity index (χ4n) is 2.74. The van der Waals surface area contributed by atoms with Gasteiger partial charge in [-0.15, -0.1) is 0 Å². The Labute approximate surface area is 105 Å². The van der Waals surface area contributed by atoms with Gasteiger partial charge in [0.1, 0.15) is 0 Å².